The van der Waals surface area contributed by atoms with Gasteiger partial charge in [0.2, 0.25) is 0 Å². The van der Waals surface area contributed by atoms with E-state index in [9.17, 15) is 0 Å². The van der Waals surface area contributed by atoms with E-state index in [2.05, 4.69) is 47.4 Å². The lowest BCUT2D eigenvalue weighted by molar-refractivity contribution is 0.445. The molecule has 4 aromatic rings. The predicted octanol–water partition coefficient (Wildman–Crippen LogP) is 5.33. The number of piperidine rings is 1. The van der Waals surface area contributed by atoms with E-state index >= 15 is 0 Å². The average molecular weight is 432 g/mol. The smallest absolute Gasteiger partial charge is 0.158 e. The number of rotatable bonds is 3. The van der Waals surface area contributed by atoms with Gasteiger partial charge in [-0.3, -0.25) is 0 Å². The number of thiophene rings is 1. The number of pyridine rings is 1. The van der Waals surface area contributed by atoms with E-state index < -0.39 is 0 Å². The summed E-state index contributed by atoms with van der Waals surface area (Å²) in [6.45, 7) is 8.27. The van der Waals surface area contributed by atoms with Crippen LogP contribution in [0.5, 0.6) is 0 Å². The molecular weight excluding hydrogens is 402 g/mol. The van der Waals surface area contributed by atoms with Crippen molar-refractivity contribution < 1.29 is 0 Å². The number of nitrogens with one attached hydrogen (secondary N) is 2. The molecule has 0 spiro atoms. The molecule has 0 aromatic carbocycles. The van der Waals surface area contributed by atoms with E-state index in [0.717, 1.165) is 36.4 Å². The number of H-pyrrole nitrogens is 1. The molecule has 1 unspecified atom stereocenters. The molecule has 5 heterocycles. The van der Waals surface area contributed by atoms with Crippen LogP contribution in [-0.2, 0) is 12.8 Å². The molecular formula is C25H29N5S. The number of aromatic amines is 1. The molecule has 4 aromatic heterocycles. The number of nitrogens with zero attached hydrogens (tertiary/aromatic N) is 3. The Morgan fingerprint density at radius 1 is 1.19 bits per heavy atom. The van der Waals surface area contributed by atoms with Gasteiger partial charge in [0.05, 0.1) is 5.69 Å². The van der Waals surface area contributed by atoms with E-state index in [0.29, 0.717) is 5.92 Å². The largest absolute Gasteiger partial charge is 0.346 e. The fourth-order valence-electron chi connectivity index (χ4n) is 6.81. The fourth-order valence-corrected chi connectivity index (χ4v) is 8.25. The van der Waals surface area contributed by atoms with E-state index in [4.69, 9.17) is 0 Å². The molecule has 3 aliphatic rings. The SMILES string of the molecule is Cc1c(C2C[C@@H]3C[C@H]2CN3)sc2[nH]c(-c3cn4ncnc4c4c3CCC4)c(C(C)C)c12. The van der Waals surface area contributed by atoms with Crippen molar-refractivity contribution in [1.82, 2.24) is 24.9 Å². The Balaban J connectivity index is 1.44. The Labute approximate surface area is 186 Å². The Hall–Kier alpha value is -2.18. The van der Waals surface area contributed by atoms with Gasteiger partial charge in [-0.25, -0.2) is 9.50 Å². The van der Waals surface area contributed by atoms with Gasteiger partial charge in [0, 0.05) is 33.6 Å². The molecule has 3 atom stereocenters. The summed E-state index contributed by atoms with van der Waals surface area (Å²) in [5.74, 6) is 2.04. The molecule has 2 bridgehead atoms. The molecule has 160 valence electrons. The second kappa shape index (κ2) is 6.42. The summed E-state index contributed by atoms with van der Waals surface area (Å²) in [4.78, 5) is 11.5. The summed E-state index contributed by atoms with van der Waals surface area (Å²) in [7, 11) is 0. The average Bonchev–Trinajstić information content (AvgIpc) is 3.56. The molecule has 0 amide bonds. The zero-order chi connectivity index (χ0) is 20.9. The van der Waals surface area contributed by atoms with Crippen molar-refractivity contribution in [3.05, 3.63) is 39.7 Å². The minimum atomic E-state index is 0.468. The van der Waals surface area contributed by atoms with Crippen molar-refractivity contribution in [1.29, 1.82) is 0 Å². The second-order valence-corrected chi connectivity index (χ2v) is 11.2. The number of aromatic nitrogens is 4. The summed E-state index contributed by atoms with van der Waals surface area (Å²) in [6.07, 6.45) is 10.0. The van der Waals surface area contributed by atoms with Gasteiger partial charge in [-0.15, -0.1) is 11.3 Å². The lowest BCUT2D eigenvalue weighted by Crippen LogP contribution is -2.28. The molecule has 6 heteroatoms. The first-order chi connectivity index (χ1) is 15.1. The van der Waals surface area contributed by atoms with Crippen LogP contribution < -0.4 is 5.32 Å². The molecule has 0 radical (unpaired) electrons. The summed E-state index contributed by atoms with van der Waals surface area (Å²) in [5, 5.41) is 9.67. The quantitative estimate of drug-likeness (QED) is 0.461. The van der Waals surface area contributed by atoms with Gasteiger partial charge in [-0.05, 0) is 80.0 Å². The first kappa shape index (κ1) is 18.4. The van der Waals surface area contributed by atoms with Crippen LogP contribution in [0.2, 0.25) is 0 Å². The zero-order valence-electron chi connectivity index (χ0n) is 18.5. The van der Waals surface area contributed by atoms with Crippen LogP contribution in [0.4, 0.5) is 0 Å². The highest BCUT2D eigenvalue weighted by Crippen LogP contribution is 2.51. The maximum Gasteiger partial charge on any atom is 0.158 e. The Bertz CT molecular complexity index is 1340. The van der Waals surface area contributed by atoms with Crippen LogP contribution in [0, 0.1) is 12.8 Å². The van der Waals surface area contributed by atoms with Gasteiger partial charge >= 0.3 is 0 Å². The van der Waals surface area contributed by atoms with E-state index in [1.54, 1.807) is 11.2 Å². The Kier molecular flexibility index (Phi) is 3.81. The van der Waals surface area contributed by atoms with Gasteiger partial charge < -0.3 is 10.3 Å². The van der Waals surface area contributed by atoms with E-state index in [-0.39, 0.29) is 0 Å². The number of aryl methyl sites for hydroxylation is 2. The van der Waals surface area contributed by atoms with Crippen molar-refractivity contribution in [3.8, 4) is 11.3 Å². The van der Waals surface area contributed by atoms with Crippen molar-refractivity contribution >= 4 is 27.2 Å². The summed E-state index contributed by atoms with van der Waals surface area (Å²) >= 11 is 2.03. The van der Waals surface area contributed by atoms with Crippen LogP contribution in [0.25, 0.3) is 27.1 Å². The molecule has 2 aliphatic carbocycles. The molecule has 31 heavy (non-hydrogen) atoms. The zero-order valence-corrected chi connectivity index (χ0v) is 19.3. The summed E-state index contributed by atoms with van der Waals surface area (Å²) in [6, 6.07) is 0.743. The molecule has 1 saturated carbocycles. The molecule has 2 N–H and O–H groups in total. The van der Waals surface area contributed by atoms with Gasteiger partial charge in [-0.2, -0.15) is 5.10 Å². The van der Waals surface area contributed by atoms with Crippen molar-refractivity contribution in [2.24, 2.45) is 5.92 Å². The normalized spacial score (nSPS) is 25.0. The minimum absolute atomic E-state index is 0.468. The molecule has 5 nitrogen and oxygen atoms in total. The third kappa shape index (κ3) is 2.46. The van der Waals surface area contributed by atoms with Gasteiger partial charge in [-0.1, -0.05) is 13.8 Å². The van der Waals surface area contributed by atoms with Gasteiger partial charge in [0.1, 0.15) is 11.2 Å². The third-order valence-corrected chi connectivity index (χ3v) is 9.48. The number of hydrogen-bond acceptors (Lipinski definition) is 4. The summed E-state index contributed by atoms with van der Waals surface area (Å²) < 4.78 is 1.99. The lowest BCUT2D eigenvalue weighted by Gasteiger charge is -2.22. The van der Waals surface area contributed by atoms with Gasteiger partial charge in [0.25, 0.3) is 0 Å². The van der Waals surface area contributed by atoms with Crippen molar-refractivity contribution in [2.45, 2.75) is 70.8 Å². The minimum Gasteiger partial charge on any atom is -0.346 e. The Morgan fingerprint density at radius 2 is 2.06 bits per heavy atom. The van der Waals surface area contributed by atoms with Crippen LogP contribution in [0.15, 0.2) is 12.5 Å². The predicted molar refractivity (Wildman–Crippen MR) is 126 cm³/mol. The first-order valence-electron chi connectivity index (χ1n) is 11.8. The van der Waals surface area contributed by atoms with Crippen LogP contribution in [0.1, 0.15) is 72.1 Å². The first-order valence-corrected chi connectivity index (χ1v) is 12.6. The maximum absolute atomic E-state index is 4.54. The highest BCUT2D eigenvalue weighted by atomic mass is 32.1. The standard InChI is InChI=1S/C25H29N5S/c1-12(2)20-21-13(3)23(18-8-15-7-14(18)9-26-15)31-25(21)29-22(20)19-10-30-24(27-11-28-30)17-6-4-5-16(17)19/h10-12,14-15,18,26,29H,4-9H2,1-3H3/t14-,15-,18?/m0/s1. The van der Waals surface area contributed by atoms with Crippen molar-refractivity contribution in [2.75, 3.05) is 6.54 Å². The second-order valence-electron chi connectivity index (χ2n) is 10.2. The molecule has 2 fully saturated rings. The Morgan fingerprint density at radius 3 is 2.84 bits per heavy atom. The fraction of sp³-hybridized carbons (Fsp3) is 0.520. The lowest BCUT2D eigenvalue weighted by atomic mass is 9.89. The van der Waals surface area contributed by atoms with Crippen LogP contribution in [-0.4, -0.2) is 32.2 Å². The third-order valence-electron chi connectivity index (χ3n) is 8.15. The highest BCUT2D eigenvalue weighted by molar-refractivity contribution is 7.19. The highest BCUT2D eigenvalue weighted by Gasteiger charge is 2.42. The molecule has 1 saturated heterocycles. The van der Waals surface area contributed by atoms with Crippen molar-refractivity contribution in [3.63, 3.8) is 0 Å². The molecule has 1 aliphatic heterocycles. The van der Waals surface area contributed by atoms with E-state index in [1.807, 2.05) is 15.9 Å². The summed E-state index contributed by atoms with van der Waals surface area (Å²) in [5.41, 5.74) is 9.59. The van der Waals surface area contributed by atoms with E-state index in [1.165, 1.54) is 69.5 Å². The topological polar surface area (TPSA) is 58.0 Å². The van der Waals surface area contributed by atoms with Gasteiger partial charge in [0.15, 0.2) is 5.65 Å². The number of fused-ring (bicyclic) bond motifs is 6. The number of hydrogen-bond donors (Lipinski definition) is 2. The van der Waals surface area contributed by atoms with Crippen LogP contribution >= 0.6 is 11.3 Å². The maximum atomic E-state index is 4.54. The molecule has 7 rings (SSSR count). The monoisotopic (exact) mass is 431 g/mol. The van der Waals surface area contributed by atoms with Crippen LogP contribution in [0.3, 0.4) is 0 Å².